The number of carboxylic acids is 1. The monoisotopic (exact) mass is 336 g/mol. The molecule has 2 atom stereocenters. The summed E-state index contributed by atoms with van der Waals surface area (Å²) in [5.41, 5.74) is 0.106. The maximum atomic E-state index is 12.1. The first-order valence-corrected chi connectivity index (χ1v) is 7.65. The van der Waals surface area contributed by atoms with E-state index in [1.54, 1.807) is 45.0 Å². The Morgan fingerprint density at radius 2 is 1.71 bits per heavy atom. The molecule has 3 N–H and O–H groups in total. The number of carboxylic acid groups (broad SMARTS) is 1. The molecule has 0 bridgehead atoms. The first-order valence-electron chi connectivity index (χ1n) is 7.65. The Kier molecular flexibility index (Phi) is 6.76. The van der Waals surface area contributed by atoms with Crippen LogP contribution in [0.3, 0.4) is 0 Å². The molecule has 0 heterocycles. The predicted molar refractivity (Wildman–Crippen MR) is 88.5 cm³/mol. The number of rotatable bonds is 6. The highest BCUT2D eigenvalue weighted by atomic mass is 16.6. The summed E-state index contributed by atoms with van der Waals surface area (Å²) in [6.45, 7) is 6.58. The topological polar surface area (TPSA) is 105 Å². The third-order valence-electron chi connectivity index (χ3n) is 3.02. The third kappa shape index (κ3) is 7.13. The van der Waals surface area contributed by atoms with Crippen LogP contribution >= 0.6 is 0 Å². The number of benzene rings is 1. The number of alkyl carbamates (subject to hydrolysis) is 1. The molecule has 0 aliphatic rings. The molecule has 1 aromatic carbocycles. The Morgan fingerprint density at radius 3 is 2.21 bits per heavy atom. The van der Waals surface area contributed by atoms with E-state index in [-0.39, 0.29) is 6.42 Å². The first-order chi connectivity index (χ1) is 11.1. The Hall–Kier alpha value is -2.57. The lowest BCUT2D eigenvalue weighted by Gasteiger charge is -2.22. The minimum absolute atomic E-state index is 0.154. The van der Waals surface area contributed by atoms with E-state index in [0.717, 1.165) is 5.56 Å². The number of carbonyl (C=O) groups excluding carboxylic acids is 2. The van der Waals surface area contributed by atoms with Gasteiger partial charge in [0.2, 0.25) is 5.91 Å². The Balaban J connectivity index is 2.61. The van der Waals surface area contributed by atoms with Crippen LogP contribution in [0.1, 0.15) is 33.3 Å². The van der Waals surface area contributed by atoms with Crippen molar-refractivity contribution in [1.29, 1.82) is 0 Å². The second kappa shape index (κ2) is 8.33. The number of nitrogens with one attached hydrogen (secondary N) is 2. The fraction of sp³-hybridized carbons (Fsp3) is 0.471. The van der Waals surface area contributed by atoms with Gasteiger partial charge in [-0.25, -0.2) is 9.59 Å². The molecule has 0 aromatic heterocycles. The quantitative estimate of drug-likeness (QED) is 0.733. The van der Waals surface area contributed by atoms with Crippen LogP contribution in [0.5, 0.6) is 0 Å². The lowest BCUT2D eigenvalue weighted by molar-refractivity contribution is -0.142. The average molecular weight is 336 g/mol. The molecular weight excluding hydrogens is 312 g/mol. The van der Waals surface area contributed by atoms with Gasteiger partial charge in [-0.05, 0) is 33.3 Å². The van der Waals surface area contributed by atoms with Crippen LogP contribution in [0, 0.1) is 0 Å². The number of hydrogen-bond acceptors (Lipinski definition) is 4. The van der Waals surface area contributed by atoms with E-state index in [9.17, 15) is 19.5 Å². The van der Waals surface area contributed by atoms with Crippen molar-refractivity contribution in [3.05, 3.63) is 35.9 Å². The van der Waals surface area contributed by atoms with Gasteiger partial charge >= 0.3 is 12.1 Å². The zero-order valence-corrected chi connectivity index (χ0v) is 14.3. The molecule has 1 aromatic rings. The highest BCUT2D eigenvalue weighted by Crippen LogP contribution is 2.07. The number of hydrogen-bond donors (Lipinski definition) is 3. The number of aliphatic carboxylic acids is 1. The summed E-state index contributed by atoms with van der Waals surface area (Å²) < 4.78 is 5.06. The molecule has 0 aliphatic carbocycles. The van der Waals surface area contributed by atoms with Gasteiger partial charge in [0, 0.05) is 6.42 Å². The lowest BCUT2D eigenvalue weighted by atomic mass is 10.1. The molecule has 7 heteroatoms. The predicted octanol–water partition coefficient (Wildman–Crippen LogP) is 1.71. The van der Waals surface area contributed by atoms with Crippen molar-refractivity contribution in [2.75, 3.05) is 0 Å². The van der Waals surface area contributed by atoms with Crippen LogP contribution in [0.2, 0.25) is 0 Å². The Morgan fingerprint density at radius 1 is 1.12 bits per heavy atom. The second-order valence-corrected chi connectivity index (χ2v) is 6.46. The summed E-state index contributed by atoms with van der Waals surface area (Å²) in [6, 6.07) is 6.98. The van der Waals surface area contributed by atoms with Gasteiger partial charge in [-0.1, -0.05) is 30.3 Å². The molecule has 7 nitrogen and oxygen atoms in total. The SMILES string of the molecule is C[C@H](NC(=O)OC(C)(C)C)C(=O)N[C@@H](Cc1ccccc1)C(=O)O. The van der Waals surface area contributed by atoms with Crippen LogP contribution in [-0.4, -0.2) is 40.8 Å². The largest absolute Gasteiger partial charge is 0.480 e. The fourth-order valence-corrected chi connectivity index (χ4v) is 1.90. The number of carbonyl (C=O) groups is 3. The van der Waals surface area contributed by atoms with Crippen LogP contribution in [0.25, 0.3) is 0 Å². The zero-order valence-electron chi connectivity index (χ0n) is 14.3. The molecule has 2 amide bonds. The standard InChI is InChI=1S/C17H24N2O5/c1-11(18-16(23)24-17(2,3)4)14(20)19-13(15(21)22)10-12-8-6-5-7-9-12/h5-9,11,13H,10H2,1-4H3,(H,18,23)(H,19,20)(H,21,22)/t11-,13-/m0/s1. The molecule has 24 heavy (non-hydrogen) atoms. The van der Waals surface area contributed by atoms with Crippen LogP contribution in [0.4, 0.5) is 4.79 Å². The average Bonchev–Trinajstić information content (AvgIpc) is 2.45. The first kappa shape index (κ1) is 19.5. The molecule has 1 rings (SSSR count). The Labute approximate surface area is 141 Å². The van der Waals surface area contributed by atoms with Crippen molar-refractivity contribution in [2.45, 2.75) is 51.8 Å². The van der Waals surface area contributed by atoms with Gasteiger partial charge in [-0.3, -0.25) is 4.79 Å². The Bertz CT molecular complexity index is 580. The van der Waals surface area contributed by atoms with E-state index in [0.29, 0.717) is 0 Å². The van der Waals surface area contributed by atoms with Crippen molar-refractivity contribution < 1.29 is 24.2 Å². The van der Waals surface area contributed by atoms with Crippen molar-refractivity contribution in [1.82, 2.24) is 10.6 Å². The molecule has 0 unspecified atom stereocenters. The van der Waals surface area contributed by atoms with Crippen molar-refractivity contribution >= 4 is 18.0 Å². The number of amides is 2. The van der Waals surface area contributed by atoms with Crippen LogP contribution in [-0.2, 0) is 20.7 Å². The number of ether oxygens (including phenoxy) is 1. The fourth-order valence-electron chi connectivity index (χ4n) is 1.90. The lowest BCUT2D eigenvalue weighted by Crippen LogP contribution is -2.51. The van der Waals surface area contributed by atoms with E-state index in [1.165, 1.54) is 6.92 Å². The molecule has 0 spiro atoms. The van der Waals surface area contributed by atoms with E-state index >= 15 is 0 Å². The smallest absolute Gasteiger partial charge is 0.408 e. The molecule has 0 saturated heterocycles. The van der Waals surface area contributed by atoms with Crippen LogP contribution in [0.15, 0.2) is 30.3 Å². The molecule has 0 radical (unpaired) electrons. The molecule has 0 fully saturated rings. The molecule has 0 aliphatic heterocycles. The van der Waals surface area contributed by atoms with Crippen molar-refractivity contribution in [3.63, 3.8) is 0 Å². The zero-order chi connectivity index (χ0) is 18.3. The van der Waals surface area contributed by atoms with Crippen molar-refractivity contribution in [2.24, 2.45) is 0 Å². The molecule has 132 valence electrons. The van der Waals surface area contributed by atoms with Gasteiger partial charge < -0.3 is 20.5 Å². The summed E-state index contributed by atoms with van der Waals surface area (Å²) in [5, 5.41) is 14.1. The minimum atomic E-state index is -1.14. The van der Waals surface area contributed by atoms with Gasteiger partial charge in [0.1, 0.15) is 17.7 Å². The molecular formula is C17H24N2O5. The third-order valence-corrected chi connectivity index (χ3v) is 3.02. The summed E-state index contributed by atoms with van der Waals surface area (Å²) >= 11 is 0. The summed E-state index contributed by atoms with van der Waals surface area (Å²) in [7, 11) is 0. The highest BCUT2D eigenvalue weighted by molar-refractivity contribution is 5.89. The van der Waals surface area contributed by atoms with Gasteiger partial charge in [0.05, 0.1) is 0 Å². The molecule has 0 saturated carbocycles. The second-order valence-electron chi connectivity index (χ2n) is 6.46. The summed E-state index contributed by atoms with van der Waals surface area (Å²) in [6.07, 6.45) is -0.582. The summed E-state index contributed by atoms with van der Waals surface area (Å²) in [5.74, 6) is -1.74. The van der Waals surface area contributed by atoms with Gasteiger partial charge in [0.25, 0.3) is 0 Å². The van der Waals surface area contributed by atoms with Gasteiger partial charge in [0.15, 0.2) is 0 Å². The highest BCUT2D eigenvalue weighted by Gasteiger charge is 2.25. The van der Waals surface area contributed by atoms with E-state index in [4.69, 9.17) is 4.74 Å². The van der Waals surface area contributed by atoms with E-state index in [1.807, 2.05) is 6.07 Å². The summed E-state index contributed by atoms with van der Waals surface area (Å²) in [4.78, 5) is 35.1. The van der Waals surface area contributed by atoms with Crippen molar-refractivity contribution in [3.8, 4) is 0 Å². The van der Waals surface area contributed by atoms with Gasteiger partial charge in [-0.15, -0.1) is 0 Å². The van der Waals surface area contributed by atoms with Gasteiger partial charge in [-0.2, -0.15) is 0 Å². The van der Waals surface area contributed by atoms with E-state index < -0.39 is 35.7 Å². The maximum absolute atomic E-state index is 12.1. The van der Waals surface area contributed by atoms with E-state index in [2.05, 4.69) is 10.6 Å². The normalized spacial score (nSPS) is 13.5. The minimum Gasteiger partial charge on any atom is -0.480 e. The van der Waals surface area contributed by atoms with Crippen LogP contribution < -0.4 is 10.6 Å². The maximum Gasteiger partial charge on any atom is 0.408 e.